The normalized spacial score (nSPS) is 11.3. The Morgan fingerprint density at radius 3 is 3.05 bits per heavy atom. The predicted octanol–water partition coefficient (Wildman–Crippen LogP) is 1.37. The molecule has 0 N–H and O–H groups in total. The van der Waals surface area contributed by atoms with Crippen molar-refractivity contribution in [1.82, 2.24) is 24.3 Å². The van der Waals surface area contributed by atoms with Crippen molar-refractivity contribution >= 4 is 34.0 Å². The van der Waals surface area contributed by atoms with Crippen molar-refractivity contribution in [3.8, 4) is 0 Å². The number of aryl methyl sites for hydroxylation is 1. The number of hydrogen-bond acceptors (Lipinski definition) is 5. The van der Waals surface area contributed by atoms with E-state index < -0.39 is 0 Å². The highest BCUT2D eigenvalue weighted by molar-refractivity contribution is 7.09. The van der Waals surface area contributed by atoms with Gasteiger partial charge < -0.3 is 0 Å². The van der Waals surface area contributed by atoms with E-state index in [4.69, 9.17) is 11.6 Å². The largest absolute Gasteiger partial charge is 0.292 e. The van der Waals surface area contributed by atoms with Crippen LogP contribution >= 0.6 is 22.9 Å². The van der Waals surface area contributed by atoms with Crippen LogP contribution in [0.5, 0.6) is 0 Å². The zero-order valence-electron chi connectivity index (χ0n) is 10.1. The molecule has 6 nitrogen and oxygen atoms in total. The predicted molar refractivity (Wildman–Crippen MR) is 73.5 cm³/mol. The van der Waals surface area contributed by atoms with Crippen molar-refractivity contribution in [2.45, 2.75) is 12.4 Å². The number of rotatable bonds is 3. The van der Waals surface area contributed by atoms with Gasteiger partial charge >= 0.3 is 0 Å². The second kappa shape index (κ2) is 4.75. The highest BCUT2D eigenvalue weighted by Gasteiger charge is 2.09. The van der Waals surface area contributed by atoms with E-state index in [0.717, 1.165) is 10.7 Å². The quantitative estimate of drug-likeness (QED) is 0.685. The Morgan fingerprint density at radius 2 is 2.32 bits per heavy atom. The topological polar surface area (TPSA) is 65.6 Å². The molecule has 0 radical (unpaired) electrons. The minimum absolute atomic E-state index is 0.110. The van der Waals surface area contributed by atoms with Gasteiger partial charge in [0.1, 0.15) is 16.7 Å². The lowest BCUT2D eigenvalue weighted by Crippen LogP contribution is -2.21. The number of aromatic nitrogens is 5. The third kappa shape index (κ3) is 2.15. The molecule has 98 valence electrons. The van der Waals surface area contributed by atoms with Gasteiger partial charge in [-0.15, -0.1) is 22.9 Å². The number of hydrogen-bond donors (Lipinski definition) is 0. The summed E-state index contributed by atoms with van der Waals surface area (Å²) in [5.41, 5.74) is 1.30. The number of fused-ring (bicyclic) bond motifs is 1. The molecule has 0 bridgehead atoms. The Hall–Kier alpha value is -1.73. The lowest BCUT2D eigenvalue weighted by atomic mass is 10.4. The smallest absolute Gasteiger partial charge is 0.264 e. The molecule has 0 spiro atoms. The van der Waals surface area contributed by atoms with E-state index in [-0.39, 0.29) is 5.56 Å². The van der Waals surface area contributed by atoms with E-state index in [1.54, 1.807) is 11.7 Å². The molecule has 0 atom stereocenters. The molecule has 8 heteroatoms. The first-order chi connectivity index (χ1) is 9.19. The first-order valence-electron chi connectivity index (χ1n) is 5.55. The van der Waals surface area contributed by atoms with Crippen LogP contribution in [0.15, 0.2) is 22.7 Å². The van der Waals surface area contributed by atoms with Crippen LogP contribution in [-0.4, -0.2) is 24.3 Å². The van der Waals surface area contributed by atoms with E-state index in [0.29, 0.717) is 23.5 Å². The van der Waals surface area contributed by atoms with Crippen LogP contribution in [0.1, 0.15) is 10.7 Å². The Bertz CT molecular complexity index is 790. The second-order valence-electron chi connectivity index (χ2n) is 4.05. The van der Waals surface area contributed by atoms with Gasteiger partial charge in [0, 0.05) is 12.4 Å². The average Bonchev–Trinajstić information content (AvgIpc) is 3.00. The SMILES string of the molecule is Cn1ncc2c(=O)n(Cc3nc(CCl)cs3)cnc21. The molecule has 0 saturated heterocycles. The van der Waals surface area contributed by atoms with Crippen LogP contribution in [0.3, 0.4) is 0 Å². The van der Waals surface area contributed by atoms with Crippen LogP contribution in [0, 0.1) is 0 Å². The first kappa shape index (κ1) is 12.3. The van der Waals surface area contributed by atoms with Crippen molar-refractivity contribution in [3.63, 3.8) is 0 Å². The van der Waals surface area contributed by atoms with Gasteiger partial charge in [0.2, 0.25) is 0 Å². The standard InChI is InChI=1S/C11H10ClN5OS/c1-16-10-8(3-14-16)11(18)17(6-13-10)4-9-15-7(2-12)5-19-9/h3,5-6H,2,4H2,1H3. The van der Waals surface area contributed by atoms with Crippen LogP contribution in [0.4, 0.5) is 0 Å². The van der Waals surface area contributed by atoms with Crippen LogP contribution in [0.2, 0.25) is 0 Å². The third-order valence-electron chi connectivity index (χ3n) is 2.76. The number of thiazole rings is 1. The van der Waals surface area contributed by atoms with E-state index in [1.165, 1.54) is 28.4 Å². The second-order valence-corrected chi connectivity index (χ2v) is 5.26. The van der Waals surface area contributed by atoms with Gasteiger partial charge in [-0.1, -0.05) is 0 Å². The number of alkyl halides is 1. The molecule has 0 amide bonds. The van der Waals surface area contributed by atoms with Crippen molar-refractivity contribution in [1.29, 1.82) is 0 Å². The fourth-order valence-electron chi connectivity index (χ4n) is 1.81. The molecular formula is C11H10ClN5OS. The maximum absolute atomic E-state index is 12.2. The average molecular weight is 296 g/mol. The molecule has 0 aliphatic rings. The van der Waals surface area contributed by atoms with Crippen molar-refractivity contribution in [2.75, 3.05) is 0 Å². The molecule has 0 aliphatic carbocycles. The van der Waals surface area contributed by atoms with Crippen molar-refractivity contribution in [3.05, 3.63) is 39.0 Å². The zero-order chi connectivity index (χ0) is 13.4. The molecule has 19 heavy (non-hydrogen) atoms. The summed E-state index contributed by atoms with van der Waals surface area (Å²) in [5.74, 6) is 0.380. The minimum atomic E-state index is -0.110. The van der Waals surface area contributed by atoms with Gasteiger partial charge in [-0.2, -0.15) is 5.10 Å². The molecule has 0 unspecified atom stereocenters. The lowest BCUT2D eigenvalue weighted by Gasteiger charge is -2.02. The van der Waals surface area contributed by atoms with Crippen LogP contribution in [-0.2, 0) is 19.5 Å². The summed E-state index contributed by atoms with van der Waals surface area (Å²) < 4.78 is 3.11. The van der Waals surface area contributed by atoms with E-state index in [1.807, 2.05) is 5.38 Å². The first-order valence-corrected chi connectivity index (χ1v) is 6.97. The minimum Gasteiger partial charge on any atom is -0.292 e. The lowest BCUT2D eigenvalue weighted by molar-refractivity contribution is 0.732. The van der Waals surface area contributed by atoms with Gasteiger partial charge in [0.15, 0.2) is 5.65 Å². The fraction of sp³-hybridized carbons (Fsp3) is 0.273. The van der Waals surface area contributed by atoms with Gasteiger partial charge in [0.25, 0.3) is 5.56 Å². The molecule has 3 aromatic heterocycles. The molecule has 0 aliphatic heterocycles. The maximum atomic E-state index is 12.2. The van der Waals surface area contributed by atoms with Crippen molar-refractivity contribution in [2.24, 2.45) is 7.05 Å². The van der Waals surface area contributed by atoms with Crippen LogP contribution in [0.25, 0.3) is 11.0 Å². The molecule has 3 heterocycles. The summed E-state index contributed by atoms with van der Waals surface area (Å²) in [6.45, 7) is 0.401. The summed E-state index contributed by atoms with van der Waals surface area (Å²) in [7, 11) is 1.76. The summed E-state index contributed by atoms with van der Waals surface area (Å²) in [4.78, 5) is 20.8. The number of halogens is 1. The summed E-state index contributed by atoms with van der Waals surface area (Å²) in [6.07, 6.45) is 3.06. The van der Waals surface area contributed by atoms with Gasteiger partial charge in [0.05, 0.1) is 24.3 Å². The molecular weight excluding hydrogens is 286 g/mol. The van der Waals surface area contributed by atoms with E-state index in [9.17, 15) is 4.79 Å². The highest BCUT2D eigenvalue weighted by Crippen LogP contribution is 2.12. The Balaban J connectivity index is 2.01. The maximum Gasteiger partial charge on any atom is 0.264 e. The Morgan fingerprint density at radius 1 is 1.47 bits per heavy atom. The summed E-state index contributed by atoms with van der Waals surface area (Å²) in [5, 5.41) is 7.27. The van der Waals surface area contributed by atoms with E-state index in [2.05, 4.69) is 15.1 Å². The summed E-state index contributed by atoms with van der Waals surface area (Å²) >= 11 is 7.19. The summed E-state index contributed by atoms with van der Waals surface area (Å²) in [6, 6.07) is 0. The van der Waals surface area contributed by atoms with Gasteiger partial charge in [-0.3, -0.25) is 14.0 Å². The molecule has 0 fully saturated rings. The van der Waals surface area contributed by atoms with Crippen LogP contribution < -0.4 is 5.56 Å². The number of nitrogens with zero attached hydrogens (tertiary/aromatic N) is 5. The monoisotopic (exact) mass is 295 g/mol. The highest BCUT2D eigenvalue weighted by atomic mass is 35.5. The van der Waals surface area contributed by atoms with E-state index >= 15 is 0 Å². The molecule has 0 aromatic carbocycles. The third-order valence-corrected chi connectivity index (χ3v) is 3.92. The molecule has 0 saturated carbocycles. The molecule has 3 rings (SSSR count). The molecule has 3 aromatic rings. The Kier molecular flexibility index (Phi) is 3.08. The zero-order valence-corrected chi connectivity index (χ0v) is 11.6. The Labute approximate surface area is 117 Å². The fourth-order valence-corrected chi connectivity index (χ4v) is 2.83. The van der Waals surface area contributed by atoms with Crippen molar-refractivity contribution < 1.29 is 0 Å². The van der Waals surface area contributed by atoms with Gasteiger partial charge in [-0.05, 0) is 0 Å². The van der Waals surface area contributed by atoms with Gasteiger partial charge in [-0.25, -0.2) is 9.97 Å².